The summed E-state index contributed by atoms with van der Waals surface area (Å²) in [5.74, 6) is 1.82. The Morgan fingerprint density at radius 1 is 1.29 bits per heavy atom. The molecule has 1 aliphatic rings. The fraction of sp³-hybridized carbons (Fsp3) is 0.933. The molecule has 17 heavy (non-hydrogen) atoms. The molecule has 2 nitrogen and oxygen atoms in total. The van der Waals surface area contributed by atoms with E-state index in [0.29, 0.717) is 12.2 Å². The molecule has 1 aliphatic carbocycles. The van der Waals surface area contributed by atoms with Crippen molar-refractivity contribution >= 4 is 5.78 Å². The van der Waals surface area contributed by atoms with Crippen LogP contribution in [0.3, 0.4) is 0 Å². The van der Waals surface area contributed by atoms with Gasteiger partial charge in [-0.1, -0.05) is 27.7 Å². The molecule has 0 bridgehead atoms. The highest BCUT2D eigenvalue weighted by atomic mass is 16.5. The van der Waals surface area contributed by atoms with Gasteiger partial charge in [-0.25, -0.2) is 0 Å². The molecule has 100 valence electrons. The van der Waals surface area contributed by atoms with Crippen LogP contribution in [0.25, 0.3) is 0 Å². The van der Waals surface area contributed by atoms with E-state index in [1.165, 1.54) is 0 Å². The largest absolute Gasteiger partial charge is 0.367 e. The zero-order valence-corrected chi connectivity index (χ0v) is 11.9. The van der Waals surface area contributed by atoms with Crippen molar-refractivity contribution < 1.29 is 9.53 Å². The van der Waals surface area contributed by atoms with Gasteiger partial charge < -0.3 is 4.74 Å². The van der Waals surface area contributed by atoms with Gasteiger partial charge in [0.1, 0.15) is 5.60 Å². The van der Waals surface area contributed by atoms with Crippen LogP contribution >= 0.6 is 0 Å². The number of hydrogen-bond donors (Lipinski definition) is 0. The lowest BCUT2D eigenvalue weighted by atomic mass is 9.72. The van der Waals surface area contributed by atoms with Gasteiger partial charge in [-0.05, 0) is 43.9 Å². The van der Waals surface area contributed by atoms with Crippen molar-refractivity contribution in [3.05, 3.63) is 0 Å². The second-order valence-corrected chi connectivity index (χ2v) is 5.70. The van der Waals surface area contributed by atoms with Gasteiger partial charge in [0.05, 0.1) is 0 Å². The summed E-state index contributed by atoms with van der Waals surface area (Å²) in [7, 11) is 0. The molecule has 1 saturated carbocycles. The molecule has 0 aromatic rings. The third kappa shape index (κ3) is 3.54. The van der Waals surface area contributed by atoms with E-state index in [0.717, 1.165) is 50.5 Å². The van der Waals surface area contributed by atoms with E-state index in [2.05, 4.69) is 20.8 Å². The van der Waals surface area contributed by atoms with E-state index < -0.39 is 5.60 Å². The number of ketones is 1. The Balaban J connectivity index is 2.65. The highest BCUT2D eigenvalue weighted by Crippen LogP contribution is 2.39. The molecular formula is C15H28O2. The van der Waals surface area contributed by atoms with Crippen LogP contribution < -0.4 is 0 Å². The average Bonchev–Trinajstić information content (AvgIpc) is 2.35. The molecule has 0 atom stereocenters. The van der Waals surface area contributed by atoms with Crippen molar-refractivity contribution in [1.82, 2.24) is 0 Å². The Hall–Kier alpha value is -0.370. The van der Waals surface area contributed by atoms with Gasteiger partial charge in [0, 0.05) is 13.0 Å². The Morgan fingerprint density at radius 2 is 1.88 bits per heavy atom. The van der Waals surface area contributed by atoms with E-state index in [-0.39, 0.29) is 0 Å². The van der Waals surface area contributed by atoms with Crippen LogP contribution in [0.15, 0.2) is 0 Å². The highest BCUT2D eigenvalue weighted by molar-refractivity contribution is 5.87. The predicted octanol–water partition coefficient (Wildman–Crippen LogP) is 3.98. The van der Waals surface area contributed by atoms with E-state index in [1.807, 2.05) is 6.92 Å². The fourth-order valence-corrected chi connectivity index (χ4v) is 2.90. The first-order valence-corrected chi connectivity index (χ1v) is 7.23. The van der Waals surface area contributed by atoms with Gasteiger partial charge in [0.15, 0.2) is 5.78 Å². The molecule has 1 fully saturated rings. The van der Waals surface area contributed by atoms with Gasteiger partial charge in [-0.3, -0.25) is 4.79 Å². The van der Waals surface area contributed by atoms with Gasteiger partial charge >= 0.3 is 0 Å². The van der Waals surface area contributed by atoms with Crippen molar-refractivity contribution in [2.24, 2.45) is 11.8 Å². The SMILES string of the molecule is CCCOC1(C(=O)CC)CCC(C(C)C)CC1. The zero-order valence-electron chi connectivity index (χ0n) is 11.9. The molecule has 0 aliphatic heterocycles. The number of carbonyl (C=O) groups excluding carboxylic acids is 1. The number of hydrogen-bond acceptors (Lipinski definition) is 2. The maximum atomic E-state index is 12.1. The summed E-state index contributed by atoms with van der Waals surface area (Å²) >= 11 is 0. The summed E-state index contributed by atoms with van der Waals surface area (Å²) in [6.45, 7) is 9.34. The van der Waals surface area contributed by atoms with Gasteiger partial charge in [-0.2, -0.15) is 0 Å². The minimum atomic E-state index is -0.434. The summed E-state index contributed by atoms with van der Waals surface area (Å²) < 4.78 is 5.95. The lowest BCUT2D eigenvalue weighted by molar-refractivity contribution is -0.151. The first kappa shape index (κ1) is 14.7. The molecule has 0 unspecified atom stereocenters. The van der Waals surface area contributed by atoms with Crippen molar-refractivity contribution in [2.75, 3.05) is 6.61 Å². The molecule has 0 aromatic heterocycles. The quantitative estimate of drug-likeness (QED) is 0.702. The van der Waals surface area contributed by atoms with Crippen LogP contribution in [-0.4, -0.2) is 18.0 Å². The molecule has 2 heteroatoms. The molecular weight excluding hydrogens is 212 g/mol. The zero-order chi connectivity index (χ0) is 12.9. The summed E-state index contributed by atoms with van der Waals surface area (Å²) in [5.41, 5.74) is -0.434. The van der Waals surface area contributed by atoms with Crippen molar-refractivity contribution in [1.29, 1.82) is 0 Å². The topological polar surface area (TPSA) is 26.3 Å². The van der Waals surface area contributed by atoms with Crippen LogP contribution in [0.1, 0.15) is 66.2 Å². The number of carbonyl (C=O) groups is 1. The minimum absolute atomic E-state index is 0.313. The Labute approximate surface area is 106 Å². The van der Waals surface area contributed by atoms with Crippen LogP contribution in [0.4, 0.5) is 0 Å². The van der Waals surface area contributed by atoms with Crippen LogP contribution in [0.2, 0.25) is 0 Å². The lowest BCUT2D eigenvalue weighted by Crippen LogP contribution is -2.45. The second-order valence-electron chi connectivity index (χ2n) is 5.70. The van der Waals surface area contributed by atoms with Gasteiger partial charge in [0.2, 0.25) is 0 Å². The molecule has 0 spiro atoms. The molecule has 0 amide bonds. The maximum Gasteiger partial charge on any atom is 0.164 e. The van der Waals surface area contributed by atoms with E-state index in [4.69, 9.17) is 4.74 Å². The molecule has 0 radical (unpaired) electrons. The summed E-state index contributed by atoms with van der Waals surface area (Å²) in [5, 5.41) is 0. The fourth-order valence-electron chi connectivity index (χ4n) is 2.90. The lowest BCUT2D eigenvalue weighted by Gasteiger charge is -2.40. The first-order chi connectivity index (χ1) is 8.05. The van der Waals surface area contributed by atoms with Gasteiger partial charge in [-0.15, -0.1) is 0 Å². The smallest absolute Gasteiger partial charge is 0.164 e. The third-order valence-electron chi connectivity index (χ3n) is 4.19. The minimum Gasteiger partial charge on any atom is -0.367 e. The maximum absolute atomic E-state index is 12.1. The van der Waals surface area contributed by atoms with Crippen molar-refractivity contribution in [3.63, 3.8) is 0 Å². The summed E-state index contributed by atoms with van der Waals surface area (Å²) in [4.78, 5) is 12.1. The van der Waals surface area contributed by atoms with Crippen LogP contribution in [0, 0.1) is 11.8 Å². The number of rotatable bonds is 6. The molecule has 0 N–H and O–H groups in total. The van der Waals surface area contributed by atoms with E-state index >= 15 is 0 Å². The molecule has 0 aromatic carbocycles. The molecule has 0 heterocycles. The van der Waals surface area contributed by atoms with Crippen LogP contribution in [0.5, 0.6) is 0 Å². The van der Waals surface area contributed by atoms with Crippen molar-refractivity contribution in [2.45, 2.75) is 71.8 Å². The second kappa shape index (κ2) is 6.53. The molecule has 0 saturated heterocycles. The van der Waals surface area contributed by atoms with E-state index in [9.17, 15) is 4.79 Å². The van der Waals surface area contributed by atoms with Gasteiger partial charge in [0.25, 0.3) is 0 Å². The van der Waals surface area contributed by atoms with E-state index in [1.54, 1.807) is 0 Å². The van der Waals surface area contributed by atoms with Crippen molar-refractivity contribution in [3.8, 4) is 0 Å². The number of Topliss-reactive ketones (excluding diaryl/α,β-unsaturated/α-hetero) is 1. The highest BCUT2D eigenvalue weighted by Gasteiger charge is 2.41. The predicted molar refractivity (Wildman–Crippen MR) is 71.1 cm³/mol. The number of ether oxygens (including phenoxy) is 1. The Morgan fingerprint density at radius 3 is 2.29 bits per heavy atom. The first-order valence-electron chi connectivity index (χ1n) is 7.23. The summed E-state index contributed by atoms with van der Waals surface area (Å²) in [6.07, 6.45) is 5.76. The summed E-state index contributed by atoms with van der Waals surface area (Å²) in [6, 6.07) is 0. The third-order valence-corrected chi connectivity index (χ3v) is 4.19. The molecule has 1 rings (SSSR count). The normalized spacial score (nSPS) is 29.6. The average molecular weight is 240 g/mol. The van der Waals surface area contributed by atoms with Crippen LogP contribution in [-0.2, 0) is 9.53 Å². The monoisotopic (exact) mass is 240 g/mol. The Bertz CT molecular complexity index is 237. The standard InChI is InChI=1S/C15H28O2/c1-5-11-17-15(14(16)6-2)9-7-13(8-10-15)12(3)4/h12-13H,5-11H2,1-4H3. The Kier molecular flexibility index (Phi) is 5.64.